The van der Waals surface area contributed by atoms with Crippen LogP contribution in [0.4, 0.5) is 19.3 Å². The Hall–Kier alpha value is -3.16. The average Bonchev–Trinajstić information content (AvgIpc) is 3.44. The maximum absolute atomic E-state index is 14.4. The Morgan fingerprint density at radius 3 is 2.66 bits per heavy atom. The third kappa shape index (κ3) is 3.93. The third-order valence-electron chi connectivity index (χ3n) is 6.80. The summed E-state index contributed by atoms with van der Waals surface area (Å²) in [4.78, 5) is 16.9. The van der Waals surface area contributed by atoms with Gasteiger partial charge in [-0.1, -0.05) is 23.7 Å². The largest absolute Gasteiger partial charge is 0.323 e. The van der Waals surface area contributed by atoms with E-state index in [0.717, 1.165) is 59.3 Å². The lowest BCUT2D eigenvalue weighted by atomic mass is 9.95. The number of amides is 2. The predicted octanol–water partition coefficient (Wildman–Crippen LogP) is 7.49. The fourth-order valence-electron chi connectivity index (χ4n) is 5.16. The minimum Gasteiger partial charge on any atom is -0.310 e. The number of anilines is 1. The van der Waals surface area contributed by atoms with Gasteiger partial charge in [-0.15, -0.1) is 11.3 Å². The summed E-state index contributed by atoms with van der Waals surface area (Å²) in [5.41, 5.74) is 4.08. The number of fused-ring (bicyclic) bond motifs is 5. The average molecular weight is 510 g/mol. The van der Waals surface area contributed by atoms with E-state index < -0.39 is 23.7 Å². The van der Waals surface area contributed by atoms with Gasteiger partial charge in [0.1, 0.15) is 16.6 Å². The molecule has 0 radical (unpaired) electrons. The molecule has 2 aromatic heterocycles. The second-order valence-electron chi connectivity index (χ2n) is 8.93. The maximum atomic E-state index is 14.4. The van der Waals surface area contributed by atoms with Gasteiger partial charge in [-0.25, -0.2) is 13.6 Å². The first-order chi connectivity index (χ1) is 17.0. The van der Waals surface area contributed by atoms with Crippen LogP contribution in [-0.2, 0) is 19.4 Å². The maximum Gasteiger partial charge on any atom is 0.323 e. The van der Waals surface area contributed by atoms with E-state index in [9.17, 15) is 13.6 Å². The van der Waals surface area contributed by atoms with Gasteiger partial charge in [0.05, 0.1) is 24.0 Å². The Balaban J connectivity index is 1.50. The first-order valence-electron chi connectivity index (χ1n) is 11.6. The van der Waals surface area contributed by atoms with Crippen LogP contribution in [0.2, 0.25) is 5.02 Å². The van der Waals surface area contributed by atoms with Crippen LogP contribution in [0.25, 0.3) is 5.00 Å². The lowest BCUT2D eigenvalue weighted by Gasteiger charge is -2.31. The lowest BCUT2D eigenvalue weighted by molar-refractivity contribution is 0.194. The van der Waals surface area contributed by atoms with Gasteiger partial charge in [-0.3, -0.25) is 0 Å². The first kappa shape index (κ1) is 22.3. The number of carbonyl (C=O) groups is 1. The standard InChI is InChI=1S/C27H22ClF2N3OS/c28-17-9-7-16(8-10-17)25-23-5-3-13-32(23)26-20(19-4-1-2-6-24(19)35-26)15-33(25)27(34)31-22-14-18(29)11-12-21(22)30/h3,5,7-14,25H,1-2,4,6,15H2,(H,31,34)/t25-/m1/s1. The molecule has 4 nitrogen and oxygen atoms in total. The van der Waals surface area contributed by atoms with Gasteiger partial charge in [-0.2, -0.15) is 0 Å². The molecule has 2 aliphatic rings. The molecule has 0 spiro atoms. The van der Waals surface area contributed by atoms with Crippen LogP contribution in [0.5, 0.6) is 0 Å². The quantitative estimate of drug-likeness (QED) is 0.298. The Bertz CT molecular complexity index is 1430. The third-order valence-corrected chi connectivity index (χ3v) is 8.38. The zero-order valence-electron chi connectivity index (χ0n) is 18.7. The number of halogens is 3. The number of hydrogen-bond acceptors (Lipinski definition) is 2. The molecule has 8 heteroatoms. The number of nitrogens with one attached hydrogen (secondary N) is 1. The molecule has 178 valence electrons. The Morgan fingerprint density at radius 2 is 1.83 bits per heavy atom. The summed E-state index contributed by atoms with van der Waals surface area (Å²) >= 11 is 7.96. The molecule has 1 aliphatic heterocycles. The molecule has 0 fully saturated rings. The molecule has 1 atom stereocenters. The number of carbonyl (C=O) groups excluding carboxylic acids is 1. The molecule has 2 aromatic carbocycles. The molecule has 0 saturated carbocycles. The zero-order chi connectivity index (χ0) is 24.1. The molecule has 0 saturated heterocycles. The molecule has 35 heavy (non-hydrogen) atoms. The van der Waals surface area contributed by atoms with E-state index in [-0.39, 0.29) is 5.69 Å². The van der Waals surface area contributed by atoms with Gasteiger partial charge in [0.25, 0.3) is 0 Å². The van der Waals surface area contributed by atoms with Crippen LogP contribution in [0, 0.1) is 11.6 Å². The van der Waals surface area contributed by atoms with Crippen LogP contribution < -0.4 is 5.32 Å². The van der Waals surface area contributed by atoms with Crippen LogP contribution in [-0.4, -0.2) is 15.5 Å². The molecule has 1 aliphatic carbocycles. The number of urea groups is 1. The summed E-state index contributed by atoms with van der Waals surface area (Å²) in [7, 11) is 0. The number of thiophene rings is 1. The van der Waals surface area contributed by atoms with Crippen molar-refractivity contribution in [1.29, 1.82) is 0 Å². The number of hydrogen-bond donors (Lipinski definition) is 1. The van der Waals surface area contributed by atoms with Crippen molar-refractivity contribution in [3.8, 4) is 5.00 Å². The highest BCUT2D eigenvalue weighted by Gasteiger charge is 2.36. The van der Waals surface area contributed by atoms with E-state index in [4.69, 9.17) is 11.6 Å². The second kappa shape index (κ2) is 8.81. The van der Waals surface area contributed by atoms with Crippen LogP contribution >= 0.6 is 22.9 Å². The number of rotatable bonds is 2. The first-order valence-corrected chi connectivity index (χ1v) is 12.8. The van der Waals surface area contributed by atoms with Crippen LogP contribution in [0.3, 0.4) is 0 Å². The summed E-state index contributed by atoms with van der Waals surface area (Å²) < 4.78 is 30.4. The smallest absolute Gasteiger partial charge is 0.310 e. The summed E-state index contributed by atoms with van der Waals surface area (Å²) in [6.07, 6.45) is 6.35. The van der Waals surface area contributed by atoms with Gasteiger partial charge >= 0.3 is 6.03 Å². The topological polar surface area (TPSA) is 37.3 Å². The predicted molar refractivity (Wildman–Crippen MR) is 135 cm³/mol. The minimum atomic E-state index is -0.686. The zero-order valence-corrected chi connectivity index (χ0v) is 20.3. The fraction of sp³-hybridized carbons (Fsp3) is 0.222. The molecular weight excluding hydrogens is 488 g/mol. The van der Waals surface area contributed by atoms with Gasteiger partial charge < -0.3 is 14.8 Å². The van der Waals surface area contributed by atoms with E-state index >= 15 is 0 Å². The summed E-state index contributed by atoms with van der Waals surface area (Å²) in [5, 5.41) is 4.35. The minimum absolute atomic E-state index is 0.183. The molecule has 4 aromatic rings. The number of aromatic nitrogens is 1. The molecular formula is C27H22ClF2N3OS. The molecule has 1 N–H and O–H groups in total. The van der Waals surface area contributed by atoms with Gasteiger partial charge in [0.15, 0.2) is 0 Å². The molecule has 2 amide bonds. The van der Waals surface area contributed by atoms with E-state index in [2.05, 4.69) is 9.88 Å². The van der Waals surface area contributed by atoms with Crippen molar-refractivity contribution < 1.29 is 13.6 Å². The number of benzene rings is 2. The van der Waals surface area contributed by atoms with Gasteiger partial charge in [0.2, 0.25) is 0 Å². The summed E-state index contributed by atoms with van der Waals surface area (Å²) in [5.74, 6) is -1.30. The SMILES string of the molecule is O=C(Nc1cc(F)ccc1F)N1Cc2c(sc3c2CCCC3)-n2cccc2[C@H]1c1ccc(Cl)cc1. The van der Waals surface area contributed by atoms with Crippen molar-refractivity contribution in [3.05, 3.63) is 105 Å². The molecule has 6 rings (SSSR count). The van der Waals surface area contributed by atoms with Crippen LogP contribution in [0.1, 0.15) is 46.1 Å². The van der Waals surface area contributed by atoms with Crippen molar-refractivity contribution in [2.45, 2.75) is 38.3 Å². The highest BCUT2D eigenvalue weighted by atomic mass is 35.5. The van der Waals surface area contributed by atoms with Crippen molar-refractivity contribution in [2.24, 2.45) is 0 Å². The molecule has 0 bridgehead atoms. The van der Waals surface area contributed by atoms with Crippen LogP contribution in [0.15, 0.2) is 60.8 Å². The van der Waals surface area contributed by atoms with Gasteiger partial charge in [-0.05, 0) is 73.2 Å². The summed E-state index contributed by atoms with van der Waals surface area (Å²) in [6, 6.07) is 13.5. The molecule has 3 heterocycles. The Labute approximate surface area is 210 Å². The molecule has 0 unspecified atom stereocenters. The normalized spacial score (nSPS) is 16.8. The number of nitrogens with zero attached hydrogens (tertiary/aromatic N) is 2. The van der Waals surface area contributed by atoms with Crippen molar-refractivity contribution >= 4 is 34.7 Å². The van der Waals surface area contributed by atoms with Crippen molar-refractivity contribution in [3.63, 3.8) is 0 Å². The van der Waals surface area contributed by atoms with E-state index in [1.165, 1.54) is 16.9 Å². The van der Waals surface area contributed by atoms with E-state index in [1.54, 1.807) is 28.4 Å². The highest BCUT2D eigenvalue weighted by molar-refractivity contribution is 7.15. The summed E-state index contributed by atoms with van der Waals surface area (Å²) in [6.45, 7) is 0.360. The number of aryl methyl sites for hydroxylation is 1. The Kier molecular flexibility index (Phi) is 5.61. The van der Waals surface area contributed by atoms with Crippen molar-refractivity contribution in [1.82, 2.24) is 9.47 Å². The fourth-order valence-corrected chi connectivity index (χ4v) is 6.69. The van der Waals surface area contributed by atoms with E-state index in [0.29, 0.717) is 11.6 Å². The van der Waals surface area contributed by atoms with E-state index in [1.807, 2.05) is 30.5 Å². The highest BCUT2D eigenvalue weighted by Crippen LogP contribution is 2.44. The van der Waals surface area contributed by atoms with Gasteiger partial charge in [0, 0.05) is 27.7 Å². The monoisotopic (exact) mass is 509 g/mol. The lowest BCUT2D eigenvalue weighted by Crippen LogP contribution is -2.38. The van der Waals surface area contributed by atoms with Crippen molar-refractivity contribution in [2.75, 3.05) is 5.32 Å². The Morgan fingerprint density at radius 1 is 1.03 bits per heavy atom. The second-order valence-corrected chi connectivity index (χ2v) is 10.5.